The van der Waals surface area contributed by atoms with Crippen LogP contribution in [-0.4, -0.2) is 17.6 Å². The summed E-state index contributed by atoms with van der Waals surface area (Å²) in [5.41, 5.74) is 4.58. The summed E-state index contributed by atoms with van der Waals surface area (Å²) in [4.78, 5) is 3.34. The molecule has 1 aromatic heterocycles. The first-order valence-corrected chi connectivity index (χ1v) is 8.57. The Kier molecular flexibility index (Phi) is 3.18. The maximum absolute atomic E-state index is 6.38. The molecule has 0 spiro atoms. The molecule has 0 bridgehead atoms. The van der Waals surface area contributed by atoms with Gasteiger partial charge in [0.05, 0.1) is 5.02 Å². The largest absolute Gasteiger partial charge is 0.361 e. The second kappa shape index (κ2) is 4.87. The van der Waals surface area contributed by atoms with Crippen molar-refractivity contribution in [1.29, 1.82) is 0 Å². The third kappa shape index (κ3) is 2.12. The van der Waals surface area contributed by atoms with Crippen LogP contribution in [0.3, 0.4) is 0 Å². The second-order valence-corrected chi connectivity index (χ2v) is 7.86. The summed E-state index contributed by atoms with van der Waals surface area (Å²) in [6.07, 6.45) is 5.83. The lowest BCUT2D eigenvalue weighted by molar-refractivity contribution is 0.456. The fourth-order valence-electron chi connectivity index (χ4n) is 4.10. The molecule has 0 aliphatic heterocycles. The highest BCUT2D eigenvalue weighted by Gasteiger charge is 2.55. The van der Waals surface area contributed by atoms with E-state index in [1.165, 1.54) is 17.4 Å². The van der Waals surface area contributed by atoms with Gasteiger partial charge in [-0.05, 0) is 41.4 Å². The molecule has 3 heteroatoms. The van der Waals surface area contributed by atoms with Crippen LogP contribution in [0.1, 0.15) is 38.7 Å². The maximum atomic E-state index is 6.38. The minimum Gasteiger partial charge on any atom is -0.361 e. The fourth-order valence-corrected chi connectivity index (χ4v) is 4.38. The number of aromatic nitrogens is 1. The first kappa shape index (κ1) is 14.3. The topological polar surface area (TPSA) is 27.8 Å². The van der Waals surface area contributed by atoms with Gasteiger partial charge in [0.1, 0.15) is 0 Å². The molecule has 2 aliphatic carbocycles. The maximum Gasteiger partial charge on any atom is 0.0502 e. The van der Waals surface area contributed by atoms with Crippen LogP contribution in [0.5, 0.6) is 0 Å². The second-order valence-electron chi connectivity index (χ2n) is 7.45. The van der Waals surface area contributed by atoms with E-state index >= 15 is 0 Å². The summed E-state index contributed by atoms with van der Waals surface area (Å²) in [5.74, 6) is 1.26. The zero-order valence-corrected chi connectivity index (χ0v) is 14.2. The van der Waals surface area contributed by atoms with Crippen molar-refractivity contribution in [2.45, 2.75) is 39.2 Å². The number of nitrogens with one attached hydrogen (secondary N) is 2. The molecule has 0 saturated heterocycles. The zero-order chi connectivity index (χ0) is 15.5. The van der Waals surface area contributed by atoms with Gasteiger partial charge in [-0.3, -0.25) is 0 Å². The van der Waals surface area contributed by atoms with Gasteiger partial charge < -0.3 is 10.3 Å². The average Bonchev–Trinajstić information content (AvgIpc) is 2.94. The summed E-state index contributed by atoms with van der Waals surface area (Å²) in [6.45, 7) is 7.97. The Morgan fingerprint density at radius 3 is 2.95 bits per heavy atom. The Balaban J connectivity index is 1.45. The van der Waals surface area contributed by atoms with Gasteiger partial charge in [-0.2, -0.15) is 0 Å². The molecule has 2 aromatic rings. The van der Waals surface area contributed by atoms with Crippen LogP contribution in [0.2, 0.25) is 5.02 Å². The molecule has 22 heavy (non-hydrogen) atoms. The Morgan fingerprint density at radius 2 is 2.23 bits per heavy atom. The Morgan fingerprint density at radius 1 is 1.41 bits per heavy atom. The molecular formula is C19H23ClN2. The van der Waals surface area contributed by atoms with Gasteiger partial charge >= 0.3 is 0 Å². The highest BCUT2D eigenvalue weighted by Crippen LogP contribution is 2.63. The number of fused-ring (bicyclic) bond motifs is 2. The Bertz CT molecular complexity index is 756. The molecule has 2 N–H and O–H groups in total. The van der Waals surface area contributed by atoms with Crippen LogP contribution in [-0.2, 0) is 0 Å². The number of hydrogen-bond acceptors (Lipinski definition) is 1. The molecule has 1 fully saturated rings. The van der Waals surface area contributed by atoms with Gasteiger partial charge in [0.15, 0.2) is 0 Å². The first-order valence-electron chi connectivity index (χ1n) is 8.19. The quantitative estimate of drug-likeness (QED) is 0.774. The van der Waals surface area contributed by atoms with E-state index in [0.29, 0.717) is 17.4 Å². The summed E-state index contributed by atoms with van der Waals surface area (Å²) >= 11 is 6.38. The molecule has 1 saturated carbocycles. The molecule has 116 valence electrons. The van der Waals surface area contributed by atoms with E-state index in [0.717, 1.165) is 23.0 Å². The van der Waals surface area contributed by atoms with E-state index in [1.54, 1.807) is 5.57 Å². The molecule has 1 aromatic carbocycles. The molecular weight excluding hydrogens is 292 g/mol. The van der Waals surface area contributed by atoms with Crippen LogP contribution < -0.4 is 5.32 Å². The molecule has 0 radical (unpaired) electrons. The number of allylic oxidation sites excluding steroid dienone is 1. The zero-order valence-electron chi connectivity index (χ0n) is 13.4. The number of aromatic amines is 1. The number of benzene rings is 1. The molecule has 3 atom stereocenters. The van der Waals surface area contributed by atoms with Crippen LogP contribution >= 0.6 is 11.6 Å². The van der Waals surface area contributed by atoms with E-state index in [9.17, 15) is 0 Å². The van der Waals surface area contributed by atoms with Crippen LogP contribution in [0, 0.1) is 11.3 Å². The van der Waals surface area contributed by atoms with Crippen molar-refractivity contribution < 1.29 is 0 Å². The van der Waals surface area contributed by atoms with E-state index in [2.05, 4.69) is 49.4 Å². The predicted molar refractivity (Wildman–Crippen MR) is 93.5 cm³/mol. The lowest BCUT2D eigenvalue weighted by Crippen LogP contribution is -2.30. The van der Waals surface area contributed by atoms with Crippen LogP contribution in [0.4, 0.5) is 0 Å². The number of hydrogen-bond donors (Lipinski definition) is 2. The molecule has 1 heterocycles. The van der Waals surface area contributed by atoms with Crippen LogP contribution in [0.15, 0.2) is 36.0 Å². The monoisotopic (exact) mass is 314 g/mol. The Hall–Kier alpha value is -1.25. The Labute approximate surface area is 136 Å². The third-order valence-electron chi connectivity index (χ3n) is 5.68. The third-order valence-corrected chi connectivity index (χ3v) is 6.00. The lowest BCUT2D eigenvalue weighted by Gasteiger charge is -2.18. The van der Waals surface area contributed by atoms with E-state index in [-0.39, 0.29) is 0 Å². The summed E-state index contributed by atoms with van der Waals surface area (Å²) in [5, 5.41) is 5.73. The standard InChI is InChI=1S/C19H23ClN2/c1-11(9-21-12-7-14-15(8-12)19(14,2)3)13-10-22-17-6-4-5-16(20)18(13)17/h4-7,10-12,15,21-22H,8-9H2,1-3H3/t11?,12-,15-/m1/s1. The van der Waals surface area contributed by atoms with Gasteiger partial charge in [-0.15, -0.1) is 0 Å². The van der Waals surface area contributed by atoms with Gasteiger partial charge in [0.2, 0.25) is 0 Å². The number of halogens is 1. The van der Waals surface area contributed by atoms with Crippen molar-refractivity contribution in [2.24, 2.45) is 11.3 Å². The normalized spacial score (nSPS) is 26.8. The van der Waals surface area contributed by atoms with E-state index in [4.69, 9.17) is 11.6 Å². The molecule has 4 rings (SSSR count). The molecule has 1 unspecified atom stereocenters. The average molecular weight is 315 g/mol. The molecule has 0 amide bonds. The summed E-state index contributed by atoms with van der Waals surface area (Å²) in [6, 6.07) is 6.60. The van der Waals surface area contributed by atoms with Gasteiger partial charge in [0.25, 0.3) is 0 Å². The molecule has 2 nitrogen and oxygen atoms in total. The minimum absolute atomic E-state index is 0.442. The van der Waals surface area contributed by atoms with Crippen molar-refractivity contribution in [3.63, 3.8) is 0 Å². The van der Waals surface area contributed by atoms with Gasteiger partial charge in [-0.25, -0.2) is 0 Å². The van der Waals surface area contributed by atoms with Gasteiger partial charge in [0, 0.05) is 29.7 Å². The lowest BCUT2D eigenvalue weighted by atomic mass is 9.98. The minimum atomic E-state index is 0.442. The van der Waals surface area contributed by atoms with E-state index < -0.39 is 0 Å². The van der Waals surface area contributed by atoms with Crippen molar-refractivity contribution >= 4 is 22.5 Å². The predicted octanol–water partition coefficient (Wildman–Crippen LogP) is 4.87. The number of H-pyrrole nitrogens is 1. The summed E-state index contributed by atoms with van der Waals surface area (Å²) in [7, 11) is 0. The van der Waals surface area contributed by atoms with Gasteiger partial charge in [-0.1, -0.05) is 50.1 Å². The van der Waals surface area contributed by atoms with Crippen molar-refractivity contribution in [3.8, 4) is 0 Å². The molecule has 2 aliphatic rings. The fraction of sp³-hybridized carbons (Fsp3) is 0.474. The number of rotatable bonds is 4. The summed E-state index contributed by atoms with van der Waals surface area (Å²) < 4.78 is 0. The van der Waals surface area contributed by atoms with E-state index in [1.807, 2.05) is 12.1 Å². The smallest absolute Gasteiger partial charge is 0.0502 e. The first-order chi connectivity index (χ1) is 10.5. The van der Waals surface area contributed by atoms with Crippen molar-refractivity contribution in [1.82, 2.24) is 10.3 Å². The van der Waals surface area contributed by atoms with Crippen molar-refractivity contribution in [2.75, 3.05) is 6.54 Å². The van der Waals surface area contributed by atoms with Crippen molar-refractivity contribution in [3.05, 3.63) is 46.6 Å². The SMILES string of the molecule is CC(CN[C@@H]1C=C2[C@@H](C1)C2(C)C)c1c[nH]c2cccc(Cl)c12. The van der Waals surface area contributed by atoms with Crippen LogP contribution in [0.25, 0.3) is 10.9 Å². The highest BCUT2D eigenvalue weighted by atomic mass is 35.5. The highest BCUT2D eigenvalue weighted by molar-refractivity contribution is 6.35.